The molecule has 0 saturated carbocycles. The van der Waals surface area contributed by atoms with Crippen LogP contribution in [-0.2, 0) is 6.42 Å². The largest absolute Gasteiger partial charge is 0.378 e. The molecule has 1 fully saturated rings. The van der Waals surface area contributed by atoms with Gasteiger partial charge in [-0.25, -0.2) is 14.4 Å². The van der Waals surface area contributed by atoms with E-state index in [0.29, 0.717) is 36.6 Å². The minimum absolute atomic E-state index is 0.107. The monoisotopic (exact) mass is 432 g/mol. The average molecular weight is 432 g/mol. The fourth-order valence-electron chi connectivity index (χ4n) is 3.62. The Morgan fingerprint density at radius 3 is 2.75 bits per heavy atom. The van der Waals surface area contributed by atoms with Crippen molar-refractivity contribution in [3.63, 3.8) is 0 Å². The molecule has 9 nitrogen and oxygen atoms in total. The Balaban J connectivity index is 1.48. The van der Waals surface area contributed by atoms with Crippen LogP contribution < -0.4 is 16.0 Å². The molecule has 4 heterocycles. The number of nitriles is 1. The van der Waals surface area contributed by atoms with E-state index in [1.54, 1.807) is 17.2 Å². The van der Waals surface area contributed by atoms with Gasteiger partial charge in [0.15, 0.2) is 5.69 Å². The minimum atomic E-state index is -1.23. The lowest BCUT2D eigenvalue weighted by Gasteiger charge is -2.36. The maximum Gasteiger partial charge on any atom is 0.252 e. The summed E-state index contributed by atoms with van der Waals surface area (Å²) in [4.78, 5) is 30.5. The summed E-state index contributed by atoms with van der Waals surface area (Å²) in [5.41, 5.74) is 7.91. The number of anilines is 2. The second-order valence-electron chi connectivity index (χ2n) is 7.46. The van der Waals surface area contributed by atoms with Gasteiger partial charge in [0.1, 0.15) is 18.1 Å². The van der Waals surface area contributed by atoms with E-state index in [9.17, 15) is 4.79 Å². The van der Waals surface area contributed by atoms with Crippen LogP contribution in [0.5, 0.6) is 0 Å². The molecule has 0 aliphatic carbocycles. The van der Waals surface area contributed by atoms with Gasteiger partial charge in [-0.15, -0.1) is 0 Å². The van der Waals surface area contributed by atoms with Crippen LogP contribution in [0.25, 0.3) is 0 Å². The van der Waals surface area contributed by atoms with Gasteiger partial charge in [-0.3, -0.25) is 14.8 Å². The molecule has 4 rings (SSSR count). The first-order chi connectivity index (χ1) is 15.5. The highest BCUT2D eigenvalue weighted by atomic mass is 19.1. The predicted octanol–water partition coefficient (Wildman–Crippen LogP) is 1.86. The van der Waals surface area contributed by atoms with Gasteiger partial charge in [0.05, 0.1) is 36.2 Å². The number of hydrogen-bond donors (Lipinski definition) is 2. The zero-order chi connectivity index (χ0) is 22.5. The van der Waals surface area contributed by atoms with E-state index in [1.807, 2.05) is 24.3 Å². The van der Waals surface area contributed by atoms with Crippen LogP contribution in [0.4, 0.5) is 15.9 Å². The molecule has 0 radical (unpaired) electrons. The van der Waals surface area contributed by atoms with E-state index in [4.69, 9.17) is 11.0 Å². The van der Waals surface area contributed by atoms with E-state index in [0.717, 1.165) is 5.69 Å². The van der Waals surface area contributed by atoms with Gasteiger partial charge in [-0.05, 0) is 24.6 Å². The third-order valence-corrected chi connectivity index (χ3v) is 5.27. The lowest BCUT2D eigenvalue weighted by molar-refractivity contribution is 0.100. The summed E-state index contributed by atoms with van der Waals surface area (Å²) in [5.74, 6) is -0.116. The molecule has 1 saturated heterocycles. The molecule has 0 aromatic carbocycles. The van der Waals surface area contributed by atoms with Crippen molar-refractivity contribution < 1.29 is 9.18 Å². The van der Waals surface area contributed by atoms with Crippen molar-refractivity contribution >= 4 is 17.4 Å². The van der Waals surface area contributed by atoms with Gasteiger partial charge in [-0.2, -0.15) is 5.26 Å². The Morgan fingerprint density at radius 1 is 1.22 bits per heavy atom. The fourth-order valence-corrected chi connectivity index (χ4v) is 3.62. The van der Waals surface area contributed by atoms with Crippen molar-refractivity contribution in [2.75, 3.05) is 23.3 Å². The van der Waals surface area contributed by atoms with Crippen LogP contribution in [0.3, 0.4) is 0 Å². The van der Waals surface area contributed by atoms with Crippen molar-refractivity contribution in [2.45, 2.75) is 25.1 Å². The summed E-state index contributed by atoms with van der Waals surface area (Å²) in [5, 5.41) is 12.0. The van der Waals surface area contributed by atoms with Gasteiger partial charge in [-0.1, -0.05) is 6.07 Å². The third-order valence-electron chi connectivity index (χ3n) is 5.27. The van der Waals surface area contributed by atoms with Crippen LogP contribution in [0.15, 0.2) is 49.1 Å². The molecular formula is C22H21FN8O. The Bertz CT molecular complexity index is 1130. The number of piperidine rings is 1. The minimum Gasteiger partial charge on any atom is -0.378 e. The summed E-state index contributed by atoms with van der Waals surface area (Å²) >= 11 is 0. The highest BCUT2D eigenvalue weighted by molar-refractivity contribution is 5.98. The molecule has 3 N–H and O–H groups in total. The second-order valence-corrected chi connectivity index (χ2v) is 7.46. The Morgan fingerprint density at radius 2 is 2.09 bits per heavy atom. The molecular weight excluding hydrogens is 411 g/mol. The molecule has 2 atom stereocenters. The molecule has 32 heavy (non-hydrogen) atoms. The molecule has 0 unspecified atom stereocenters. The van der Waals surface area contributed by atoms with Crippen LogP contribution in [0.1, 0.15) is 33.9 Å². The van der Waals surface area contributed by atoms with E-state index in [1.165, 1.54) is 18.6 Å². The molecule has 1 aliphatic heterocycles. The number of nitrogens with one attached hydrogen (secondary N) is 1. The second kappa shape index (κ2) is 9.34. The van der Waals surface area contributed by atoms with E-state index < -0.39 is 18.1 Å². The number of aromatic nitrogens is 4. The van der Waals surface area contributed by atoms with Crippen molar-refractivity contribution in [1.29, 1.82) is 5.26 Å². The smallest absolute Gasteiger partial charge is 0.252 e. The Kier molecular flexibility index (Phi) is 6.17. The first-order valence-corrected chi connectivity index (χ1v) is 10.1. The number of nitrogens with two attached hydrogens (primary N) is 1. The van der Waals surface area contributed by atoms with E-state index in [2.05, 4.69) is 25.3 Å². The quantitative estimate of drug-likeness (QED) is 0.603. The number of primary amides is 1. The highest BCUT2D eigenvalue weighted by Crippen LogP contribution is 2.25. The summed E-state index contributed by atoms with van der Waals surface area (Å²) in [6.07, 6.45) is 5.67. The van der Waals surface area contributed by atoms with Crippen molar-refractivity contribution in [2.24, 2.45) is 5.73 Å². The summed E-state index contributed by atoms with van der Waals surface area (Å²) in [6, 6.07) is 8.72. The van der Waals surface area contributed by atoms with E-state index >= 15 is 4.39 Å². The average Bonchev–Trinajstić information content (AvgIpc) is 2.81. The molecule has 1 amide bonds. The zero-order valence-corrected chi connectivity index (χ0v) is 17.1. The first-order valence-electron chi connectivity index (χ1n) is 10.1. The third kappa shape index (κ3) is 4.78. The van der Waals surface area contributed by atoms with Gasteiger partial charge in [0, 0.05) is 36.7 Å². The number of hydrogen-bond acceptors (Lipinski definition) is 8. The van der Waals surface area contributed by atoms with Crippen LogP contribution in [0.2, 0.25) is 0 Å². The molecule has 3 aromatic heterocycles. The van der Waals surface area contributed by atoms with Crippen LogP contribution in [0, 0.1) is 11.3 Å². The van der Waals surface area contributed by atoms with Crippen molar-refractivity contribution in [3.05, 3.63) is 71.7 Å². The number of carbonyl (C=O) groups excluding carboxylic acids is 1. The Labute approximate surface area is 184 Å². The van der Waals surface area contributed by atoms with Crippen LogP contribution >= 0.6 is 0 Å². The van der Waals surface area contributed by atoms with E-state index in [-0.39, 0.29) is 17.8 Å². The van der Waals surface area contributed by atoms with Gasteiger partial charge >= 0.3 is 0 Å². The number of carbonyl (C=O) groups is 1. The molecule has 0 bridgehead atoms. The van der Waals surface area contributed by atoms with Crippen molar-refractivity contribution in [1.82, 2.24) is 19.9 Å². The first kappa shape index (κ1) is 21.1. The predicted molar refractivity (Wildman–Crippen MR) is 116 cm³/mol. The maximum absolute atomic E-state index is 15.0. The number of amides is 1. The standard InChI is InChI=1S/C22H21FN8O/c23-18-13-31(21-12-28-16(9-24)10-29-21)6-4-19(18)30-20-8-15(27-11-17(20)22(25)32)7-14-3-1-2-5-26-14/h1-3,5,8,10-12,18-19H,4,6-7,13H2,(H2,25,32)(H,27,30)/t18-,19+/m0/s1. The van der Waals surface area contributed by atoms with Gasteiger partial charge < -0.3 is 16.0 Å². The summed E-state index contributed by atoms with van der Waals surface area (Å²) < 4.78 is 15.0. The van der Waals surface area contributed by atoms with Gasteiger partial charge in [0.2, 0.25) is 0 Å². The fraction of sp³-hybridized carbons (Fsp3) is 0.273. The molecule has 0 spiro atoms. The maximum atomic E-state index is 15.0. The molecule has 10 heteroatoms. The lowest BCUT2D eigenvalue weighted by Crippen LogP contribution is -2.48. The number of pyridine rings is 2. The topological polar surface area (TPSA) is 134 Å². The SMILES string of the molecule is N#Cc1cnc(N2CC[C@@H](Nc3cc(Cc4ccccn4)ncc3C(N)=O)[C@@H](F)C2)cn1. The molecule has 162 valence electrons. The zero-order valence-electron chi connectivity index (χ0n) is 17.1. The molecule has 1 aliphatic rings. The highest BCUT2D eigenvalue weighted by Gasteiger charge is 2.31. The molecule has 3 aromatic rings. The summed E-state index contributed by atoms with van der Waals surface area (Å²) in [7, 11) is 0. The van der Waals surface area contributed by atoms with Crippen molar-refractivity contribution in [3.8, 4) is 6.07 Å². The van der Waals surface area contributed by atoms with Crippen LogP contribution in [-0.4, -0.2) is 51.1 Å². The normalized spacial score (nSPS) is 18.1. The summed E-state index contributed by atoms with van der Waals surface area (Å²) in [6.45, 7) is 0.645. The number of nitrogens with zero attached hydrogens (tertiary/aromatic N) is 6. The number of alkyl halides is 1. The van der Waals surface area contributed by atoms with Gasteiger partial charge in [0.25, 0.3) is 5.91 Å². The Hall–Kier alpha value is -4.13. The lowest BCUT2D eigenvalue weighted by atomic mass is 10.0. The number of halogens is 1. The number of rotatable bonds is 6.